The van der Waals surface area contributed by atoms with Crippen LogP contribution in [0.15, 0.2) is 34.3 Å². The SMILES string of the molecule is CCCC[N+](CCCC)(CCCC)Cc1cc(C)c(O)c(/C=N/C2CCCC[C@H]2/N=C/c2cc(C[N+](CCCC)(CCCC)CCCC)cc(C)c2O)c1. The van der Waals surface area contributed by atoms with E-state index in [0.717, 1.165) is 70.0 Å². The Morgan fingerprint density at radius 1 is 0.519 bits per heavy atom. The van der Waals surface area contributed by atoms with Crippen molar-refractivity contribution in [3.63, 3.8) is 0 Å². The summed E-state index contributed by atoms with van der Waals surface area (Å²) in [7, 11) is 0. The first-order valence-electron chi connectivity index (χ1n) is 22.5. The van der Waals surface area contributed by atoms with Gasteiger partial charge in [-0.1, -0.05) is 92.9 Å². The Hall–Kier alpha value is -2.70. The van der Waals surface area contributed by atoms with Crippen LogP contribution in [0.4, 0.5) is 0 Å². The third-order valence-corrected chi connectivity index (χ3v) is 12.2. The van der Waals surface area contributed by atoms with Gasteiger partial charge in [0, 0.05) is 34.7 Å². The molecule has 0 heterocycles. The fourth-order valence-corrected chi connectivity index (χ4v) is 8.82. The molecule has 54 heavy (non-hydrogen) atoms. The van der Waals surface area contributed by atoms with Gasteiger partial charge in [-0.05, 0) is 101 Å². The summed E-state index contributed by atoms with van der Waals surface area (Å²) >= 11 is 0. The second-order valence-electron chi connectivity index (χ2n) is 17.1. The van der Waals surface area contributed by atoms with Crippen molar-refractivity contribution in [3.8, 4) is 11.5 Å². The molecule has 6 nitrogen and oxygen atoms in total. The van der Waals surface area contributed by atoms with Gasteiger partial charge in [0.2, 0.25) is 0 Å². The second-order valence-corrected chi connectivity index (χ2v) is 17.1. The predicted octanol–water partition coefficient (Wildman–Crippen LogP) is 12.0. The van der Waals surface area contributed by atoms with Gasteiger partial charge in [0.1, 0.15) is 24.6 Å². The molecule has 2 N–H and O–H groups in total. The molecule has 0 spiro atoms. The highest BCUT2D eigenvalue weighted by atomic mass is 16.3. The van der Waals surface area contributed by atoms with Gasteiger partial charge in [0.25, 0.3) is 0 Å². The minimum absolute atomic E-state index is 0.0553. The zero-order valence-electron chi connectivity index (χ0n) is 36.3. The van der Waals surface area contributed by atoms with Gasteiger partial charge in [-0.25, -0.2) is 0 Å². The van der Waals surface area contributed by atoms with Crippen molar-refractivity contribution >= 4 is 12.4 Å². The van der Waals surface area contributed by atoms with Crippen molar-refractivity contribution < 1.29 is 19.2 Å². The van der Waals surface area contributed by atoms with E-state index >= 15 is 0 Å². The number of quaternary nitrogens is 2. The summed E-state index contributed by atoms with van der Waals surface area (Å²) in [5, 5.41) is 22.5. The van der Waals surface area contributed by atoms with E-state index in [0.29, 0.717) is 11.5 Å². The molecule has 0 amide bonds. The van der Waals surface area contributed by atoms with Crippen molar-refractivity contribution in [2.75, 3.05) is 39.3 Å². The molecule has 1 unspecified atom stereocenters. The van der Waals surface area contributed by atoms with Crippen LogP contribution >= 0.6 is 0 Å². The van der Waals surface area contributed by atoms with Crippen LogP contribution in [0, 0.1) is 13.8 Å². The van der Waals surface area contributed by atoms with Crippen molar-refractivity contribution in [1.29, 1.82) is 0 Å². The number of aryl methyl sites for hydroxylation is 2. The summed E-state index contributed by atoms with van der Waals surface area (Å²) in [6.45, 7) is 27.2. The van der Waals surface area contributed by atoms with Crippen molar-refractivity contribution in [2.24, 2.45) is 9.98 Å². The van der Waals surface area contributed by atoms with Crippen molar-refractivity contribution in [3.05, 3.63) is 57.6 Å². The number of phenols is 2. The van der Waals surface area contributed by atoms with Gasteiger partial charge in [-0.15, -0.1) is 0 Å². The number of hydrogen-bond donors (Lipinski definition) is 2. The molecule has 0 radical (unpaired) electrons. The highest BCUT2D eigenvalue weighted by molar-refractivity contribution is 5.85. The van der Waals surface area contributed by atoms with E-state index < -0.39 is 0 Å². The Labute approximate surface area is 332 Å². The average molecular weight is 747 g/mol. The summed E-state index contributed by atoms with van der Waals surface area (Å²) < 4.78 is 2.28. The van der Waals surface area contributed by atoms with Crippen LogP contribution in [0.1, 0.15) is 178 Å². The lowest BCUT2D eigenvalue weighted by Crippen LogP contribution is -2.49. The molecule has 0 bridgehead atoms. The zero-order chi connectivity index (χ0) is 39.4. The molecule has 1 fully saturated rings. The van der Waals surface area contributed by atoms with Gasteiger partial charge in [-0.3, -0.25) is 9.98 Å². The lowest BCUT2D eigenvalue weighted by molar-refractivity contribution is -0.941. The van der Waals surface area contributed by atoms with Crippen LogP contribution in [-0.2, 0) is 13.1 Å². The monoisotopic (exact) mass is 747 g/mol. The average Bonchev–Trinajstić information content (AvgIpc) is 3.17. The third-order valence-electron chi connectivity index (χ3n) is 12.2. The van der Waals surface area contributed by atoms with Crippen molar-refractivity contribution in [1.82, 2.24) is 0 Å². The maximum Gasteiger partial charge on any atom is 0.127 e. The number of benzene rings is 2. The molecule has 2 aromatic carbocycles. The topological polar surface area (TPSA) is 65.2 Å². The molecule has 3 rings (SSSR count). The molecule has 0 saturated heterocycles. The van der Waals surface area contributed by atoms with E-state index in [1.54, 1.807) is 0 Å². The van der Waals surface area contributed by atoms with Gasteiger partial charge in [0.05, 0.1) is 51.4 Å². The van der Waals surface area contributed by atoms with E-state index in [2.05, 4.69) is 65.8 Å². The Morgan fingerprint density at radius 3 is 1.09 bits per heavy atom. The molecular weight excluding hydrogens is 665 g/mol. The maximum absolute atomic E-state index is 11.2. The van der Waals surface area contributed by atoms with Gasteiger partial charge >= 0.3 is 0 Å². The van der Waals surface area contributed by atoms with E-state index in [1.165, 1.54) is 127 Å². The zero-order valence-corrected chi connectivity index (χ0v) is 36.3. The Kier molecular flexibility index (Phi) is 20.3. The fourth-order valence-electron chi connectivity index (χ4n) is 8.82. The molecule has 1 aliphatic carbocycles. The van der Waals surface area contributed by atoms with Gasteiger partial charge in [-0.2, -0.15) is 0 Å². The number of aliphatic imine (C=N–C) groups is 2. The highest BCUT2D eigenvalue weighted by Crippen LogP contribution is 2.30. The van der Waals surface area contributed by atoms with Gasteiger partial charge < -0.3 is 19.2 Å². The van der Waals surface area contributed by atoms with E-state index in [1.807, 2.05) is 26.3 Å². The minimum atomic E-state index is 0.0553. The Bertz CT molecular complexity index is 1280. The fraction of sp³-hybridized carbons (Fsp3) is 0.708. The lowest BCUT2D eigenvalue weighted by atomic mass is 9.91. The quantitative estimate of drug-likeness (QED) is 0.0743. The summed E-state index contributed by atoms with van der Waals surface area (Å²) in [4.78, 5) is 10.3. The number of nitrogens with zero attached hydrogens (tertiary/aromatic N) is 4. The number of hydrogen-bond acceptors (Lipinski definition) is 4. The van der Waals surface area contributed by atoms with Crippen molar-refractivity contribution in [2.45, 2.75) is 183 Å². The maximum atomic E-state index is 11.2. The summed E-state index contributed by atoms with van der Waals surface area (Å²) in [6, 6.07) is 8.94. The first-order valence-corrected chi connectivity index (χ1v) is 22.5. The third kappa shape index (κ3) is 14.1. The smallest absolute Gasteiger partial charge is 0.127 e. The van der Waals surface area contributed by atoms with Crippen LogP contribution in [-0.4, -0.2) is 83.0 Å². The first kappa shape index (κ1) is 45.7. The van der Waals surface area contributed by atoms with Crippen LogP contribution in [0.5, 0.6) is 11.5 Å². The Morgan fingerprint density at radius 2 is 0.815 bits per heavy atom. The van der Waals surface area contributed by atoms with Crippen LogP contribution in [0.2, 0.25) is 0 Å². The summed E-state index contributed by atoms with van der Waals surface area (Å²) in [5.41, 5.74) is 6.13. The summed E-state index contributed by atoms with van der Waals surface area (Å²) in [6.07, 6.45) is 22.9. The van der Waals surface area contributed by atoms with Crippen LogP contribution < -0.4 is 0 Å². The van der Waals surface area contributed by atoms with Gasteiger partial charge in [0.15, 0.2) is 0 Å². The standard InChI is InChI=1S/C48H80N4O2/c1-9-15-25-51(26-16-10-2,27-17-11-3)37-41-31-39(7)47(53)43(33-41)35-49-45-23-21-22-24-46(45)50-36-44-34-42(32-40(8)48(44)54)38-52(28-18-12-4,29-19-13-5)30-20-14-6/h31-36,45-46H,9-30,37-38H2,1-8H3/p+2/t45-,46?/m1/s1. The highest BCUT2D eigenvalue weighted by Gasteiger charge is 2.29. The number of unbranched alkanes of at least 4 members (excludes halogenated alkanes) is 6. The first-order chi connectivity index (χ1) is 26.1. The van der Waals surface area contributed by atoms with E-state index in [4.69, 9.17) is 9.98 Å². The molecule has 1 saturated carbocycles. The molecular formula is C48H82N4O2+2. The van der Waals surface area contributed by atoms with Crippen LogP contribution in [0.3, 0.4) is 0 Å². The second kappa shape index (κ2) is 24.0. The number of aromatic hydroxyl groups is 2. The Balaban J connectivity index is 1.89. The molecule has 0 aliphatic heterocycles. The lowest BCUT2D eigenvalue weighted by Gasteiger charge is -2.39. The number of phenolic OH excluding ortho intramolecular Hbond substituents is 2. The molecule has 2 atom stereocenters. The molecule has 6 heteroatoms. The van der Waals surface area contributed by atoms with Crippen LogP contribution in [0.25, 0.3) is 0 Å². The van der Waals surface area contributed by atoms with E-state index in [9.17, 15) is 10.2 Å². The summed E-state index contributed by atoms with van der Waals surface area (Å²) in [5.74, 6) is 0.686. The molecule has 2 aromatic rings. The number of rotatable bonds is 26. The predicted molar refractivity (Wildman–Crippen MR) is 233 cm³/mol. The minimum Gasteiger partial charge on any atom is -0.507 e. The molecule has 1 aliphatic rings. The largest absolute Gasteiger partial charge is 0.507 e. The molecule has 304 valence electrons. The normalized spacial score (nSPS) is 17.0. The van der Waals surface area contributed by atoms with E-state index in [-0.39, 0.29) is 12.1 Å². The molecule has 0 aromatic heterocycles.